The summed E-state index contributed by atoms with van der Waals surface area (Å²) < 4.78 is 39.0. The fourth-order valence-electron chi connectivity index (χ4n) is 2.13. The number of nitrogens with zero attached hydrogens (tertiary/aromatic N) is 2. The Morgan fingerprint density at radius 3 is 2.56 bits per heavy atom. The number of hydrogen-bond acceptors (Lipinski definition) is 4. The van der Waals surface area contributed by atoms with Crippen LogP contribution in [-0.2, 0) is 6.18 Å². The second kappa shape index (κ2) is 5.44. The van der Waals surface area contributed by atoms with E-state index in [1.165, 1.54) is 6.20 Å². The van der Waals surface area contributed by atoms with Crippen LogP contribution in [0.4, 0.5) is 13.2 Å². The van der Waals surface area contributed by atoms with Crippen molar-refractivity contribution in [3.05, 3.63) is 17.5 Å². The maximum absolute atomic E-state index is 13.0. The molecule has 1 aromatic rings. The topological polar surface area (TPSA) is 37.8 Å². The van der Waals surface area contributed by atoms with Gasteiger partial charge in [-0.05, 0) is 38.1 Å². The molecular formula is C11H14F3N3S. The third-order valence-electron chi connectivity index (χ3n) is 3.03. The Morgan fingerprint density at radius 2 is 2.00 bits per heavy atom. The summed E-state index contributed by atoms with van der Waals surface area (Å²) in [6.45, 7) is 1.48. The summed E-state index contributed by atoms with van der Waals surface area (Å²) in [4.78, 5) is 7.62. The number of halogens is 3. The van der Waals surface area contributed by atoms with Crippen molar-refractivity contribution >= 4 is 11.8 Å². The fraction of sp³-hybridized carbons (Fsp3) is 0.636. The second-order valence-corrected chi connectivity index (χ2v) is 4.96. The molecule has 2 heterocycles. The van der Waals surface area contributed by atoms with Crippen LogP contribution in [0.5, 0.6) is 0 Å². The molecule has 7 heteroatoms. The predicted molar refractivity (Wildman–Crippen MR) is 63.7 cm³/mol. The van der Waals surface area contributed by atoms with E-state index >= 15 is 0 Å². The Kier molecular flexibility index (Phi) is 4.11. The molecule has 1 fully saturated rings. The maximum Gasteiger partial charge on any atom is 0.433 e. The van der Waals surface area contributed by atoms with Gasteiger partial charge in [0.05, 0.1) is 0 Å². The van der Waals surface area contributed by atoms with Crippen molar-refractivity contribution in [2.75, 3.05) is 19.3 Å². The Hall–Kier alpha value is -0.820. The van der Waals surface area contributed by atoms with E-state index in [0.29, 0.717) is 12.8 Å². The minimum Gasteiger partial charge on any atom is -0.317 e. The minimum absolute atomic E-state index is 0.0984. The molecule has 0 atom stereocenters. The zero-order valence-electron chi connectivity index (χ0n) is 9.92. The molecule has 0 radical (unpaired) electrons. The van der Waals surface area contributed by atoms with Gasteiger partial charge in [-0.15, -0.1) is 0 Å². The first-order valence-electron chi connectivity index (χ1n) is 5.71. The van der Waals surface area contributed by atoms with E-state index in [9.17, 15) is 13.2 Å². The number of alkyl halides is 3. The Balaban J connectivity index is 2.38. The van der Waals surface area contributed by atoms with Crippen LogP contribution >= 0.6 is 11.8 Å². The monoisotopic (exact) mass is 277 g/mol. The quantitative estimate of drug-likeness (QED) is 0.666. The van der Waals surface area contributed by atoms with E-state index in [-0.39, 0.29) is 16.6 Å². The molecule has 18 heavy (non-hydrogen) atoms. The average molecular weight is 277 g/mol. The van der Waals surface area contributed by atoms with Crippen LogP contribution in [0.3, 0.4) is 0 Å². The van der Waals surface area contributed by atoms with Gasteiger partial charge in [0.15, 0.2) is 10.9 Å². The summed E-state index contributed by atoms with van der Waals surface area (Å²) in [5.41, 5.74) is -0.532. The van der Waals surface area contributed by atoms with Crippen LogP contribution in [0.25, 0.3) is 0 Å². The first kappa shape index (κ1) is 13.6. The molecule has 100 valence electrons. The van der Waals surface area contributed by atoms with Crippen LogP contribution in [-0.4, -0.2) is 29.3 Å². The van der Waals surface area contributed by atoms with E-state index in [1.807, 2.05) is 0 Å². The summed E-state index contributed by atoms with van der Waals surface area (Å²) in [6.07, 6.45) is 0.00106. The largest absolute Gasteiger partial charge is 0.433 e. The standard InChI is InChI=1S/C11H14F3N3S/c1-18-10-16-6-8(7-2-4-15-5-3-7)9(17-10)11(12,13)14/h6-7,15H,2-5H2,1H3. The molecule has 1 aromatic heterocycles. The molecule has 1 aliphatic heterocycles. The normalized spacial score (nSPS) is 18.0. The van der Waals surface area contributed by atoms with Gasteiger partial charge in [-0.2, -0.15) is 13.2 Å². The molecule has 0 saturated carbocycles. The second-order valence-electron chi connectivity index (χ2n) is 4.18. The average Bonchev–Trinajstić information content (AvgIpc) is 2.38. The van der Waals surface area contributed by atoms with Crippen molar-refractivity contribution < 1.29 is 13.2 Å². The van der Waals surface area contributed by atoms with E-state index in [1.54, 1.807) is 6.26 Å². The van der Waals surface area contributed by atoms with E-state index in [2.05, 4.69) is 15.3 Å². The molecule has 0 unspecified atom stereocenters. The highest BCUT2D eigenvalue weighted by atomic mass is 32.2. The number of thioether (sulfide) groups is 1. The highest BCUT2D eigenvalue weighted by molar-refractivity contribution is 7.98. The summed E-state index contributed by atoms with van der Waals surface area (Å²) in [7, 11) is 0. The van der Waals surface area contributed by atoms with Gasteiger partial charge in [0.2, 0.25) is 0 Å². The van der Waals surface area contributed by atoms with Gasteiger partial charge in [0.1, 0.15) is 0 Å². The van der Waals surface area contributed by atoms with Gasteiger partial charge < -0.3 is 5.32 Å². The minimum atomic E-state index is -4.41. The molecule has 0 spiro atoms. The summed E-state index contributed by atoms with van der Waals surface area (Å²) >= 11 is 1.12. The van der Waals surface area contributed by atoms with Crippen molar-refractivity contribution in [2.45, 2.75) is 30.1 Å². The number of aromatic nitrogens is 2. The maximum atomic E-state index is 13.0. The van der Waals surface area contributed by atoms with E-state index in [0.717, 1.165) is 24.9 Å². The van der Waals surface area contributed by atoms with Crippen LogP contribution in [0.1, 0.15) is 30.0 Å². The third kappa shape index (κ3) is 2.95. The molecule has 0 aromatic carbocycles. The Labute approximate surface area is 108 Å². The van der Waals surface area contributed by atoms with Crippen LogP contribution in [0.15, 0.2) is 11.4 Å². The van der Waals surface area contributed by atoms with Gasteiger partial charge in [0.25, 0.3) is 0 Å². The number of hydrogen-bond donors (Lipinski definition) is 1. The van der Waals surface area contributed by atoms with Crippen molar-refractivity contribution in [1.29, 1.82) is 0 Å². The van der Waals surface area contributed by atoms with E-state index < -0.39 is 11.9 Å². The summed E-state index contributed by atoms with van der Waals surface area (Å²) in [6, 6.07) is 0. The van der Waals surface area contributed by atoms with E-state index in [4.69, 9.17) is 0 Å². The Bertz CT molecular complexity index is 416. The molecule has 1 aliphatic rings. The molecular weight excluding hydrogens is 263 g/mol. The van der Waals surface area contributed by atoms with Crippen LogP contribution in [0, 0.1) is 0 Å². The lowest BCUT2D eigenvalue weighted by Crippen LogP contribution is -2.28. The van der Waals surface area contributed by atoms with Crippen molar-refractivity contribution in [3.63, 3.8) is 0 Å². The van der Waals surface area contributed by atoms with Gasteiger partial charge in [-0.3, -0.25) is 0 Å². The highest BCUT2D eigenvalue weighted by Crippen LogP contribution is 2.36. The smallest absolute Gasteiger partial charge is 0.317 e. The lowest BCUT2D eigenvalue weighted by molar-refractivity contribution is -0.142. The van der Waals surface area contributed by atoms with Gasteiger partial charge in [-0.25, -0.2) is 9.97 Å². The Morgan fingerprint density at radius 1 is 1.33 bits per heavy atom. The van der Waals surface area contributed by atoms with Gasteiger partial charge in [0, 0.05) is 11.8 Å². The lowest BCUT2D eigenvalue weighted by Gasteiger charge is -2.25. The predicted octanol–water partition coefficient (Wildman–Crippen LogP) is 2.68. The molecule has 2 rings (SSSR count). The molecule has 1 N–H and O–H groups in total. The SMILES string of the molecule is CSc1ncc(C2CCNCC2)c(C(F)(F)F)n1. The number of nitrogens with one attached hydrogen (secondary N) is 1. The molecule has 0 aliphatic carbocycles. The first-order chi connectivity index (χ1) is 8.52. The lowest BCUT2D eigenvalue weighted by atomic mass is 9.90. The molecule has 0 amide bonds. The van der Waals surface area contributed by atoms with Crippen molar-refractivity contribution in [3.8, 4) is 0 Å². The summed E-state index contributed by atoms with van der Waals surface area (Å²) in [5.74, 6) is -0.0984. The number of piperidine rings is 1. The summed E-state index contributed by atoms with van der Waals surface area (Å²) in [5, 5.41) is 3.31. The molecule has 1 saturated heterocycles. The zero-order chi connectivity index (χ0) is 13.2. The van der Waals surface area contributed by atoms with Gasteiger partial charge >= 0.3 is 6.18 Å². The highest BCUT2D eigenvalue weighted by Gasteiger charge is 2.38. The van der Waals surface area contributed by atoms with Crippen molar-refractivity contribution in [2.24, 2.45) is 0 Å². The third-order valence-corrected chi connectivity index (χ3v) is 3.59. The van der Waals surface area contributed by atoms with Crippen LogP contribution in [0.2, 0.25) is 0 Å². The molecule has 0 bridgehead atoms. The van der Waals surface area contributed by atoms with Gasteiger partial charge in [-0.1, -0.05) is 11.8 Å². The fourth-order valence-corrected chi connectivity index (χ4v) is 2.47. The first-order valence-corrected chi connectivity index (χ1v) is 6.93. The zero-order valence-corrected chi connectivity index (χ0v) is 10.7. The number of rotatable bonds is 2. The van der Waals surface area contributed by atoms with Crippen LogP contribution < -0.4 is 5.32 Å². The van der Waals surface area contributed by atoms with Crippen molar-refractivity contribution in [1.82, 2.24) is 15.3 Å². The molecule has 3 nitrogen and oxygen atoms in total.